The SMILES string of the molecule is COc1ccccc1NC(=O)NCC(C)c1ccccc1. The topological polar surface area (TPSA) is 50.4 Å². The summed E-state index contributed by atoms with van der Waals surface area (Å²) in [6.45, 7) is 2.66. The molecule has 2 amide bonds. The van der Waals surface area contributed by atoms with Crippen molar-refractivity contribution in [3.63, 3.8) is 0 Å². The Labute approximate surface area is 125 Å². The first kappa shape index (κ1) is 14.9. The third kappa shape index (κ3) is 4.24. The summed E-state index contributed by atoms with van der Waals surface area (Å²) in [5.41, 5.74) is 1.86. The van der Waals surface area contributed by atoms with E-state index in [-0.39, 0.29) is 11.9 Å². The standard InChI is InChI=1S/C17H20N2O2/c1-13(14-8-4-3-5-9-14)12-18-17(20)19-15-10-6-7-11-16(15)21-2/h3-11,13H,12H2,1-2H3,(H2,18,19,20). The number of carbonyl (C=O) groups is 1. The van der Waals surface area contributed by atoms with Crippen molar-refractivity contribution >= 4 is 11.7 Å². The number of rotatable bonds is 5. The normalized spacial score (nSPS) is 11.5. The van der Waals surface area contributed by atoms with Crippen molar-refractivity contribution in [2.45, 2.75) is 12.8 Å². The van der Waals surface area contributed by atoms with Crippen molar-refractivity contribution in [2.24, 2.45) is 0 Å². The van der Waals surface area contributed by atoms with Gasteiger partial charge in [-0.2, -0.15) is 0 Å². The lowest BCUT2D eigenvalue weighted by Crippen LogP contribution is -2.31. The minimum absolute atomic E-state index is 0.234. The van der Waals surface area contributed by atoms with E-state index in [9.17, 15) is 4.79 Å². The molecule has 0 aliphatic carbocycles. The van der Waals surface area contributed by atoms with Crippen LogP contribution in [0.2, 0.25) is 0 Å². The van der Waals surface area contributed by atoms with E-state index in [0.717, 1.165) is 0 Å². The monoisotopic (exact) mass is 284 g/mol. The highest BCUT2D eigenvalue weighted by Crippen LogP contribution is 2.22. The van der Waals surface area contributed by atoms with Gasteiger partial charge in [0, 0.05) is 6.54 Å². The van der Waals surface area contributed by atoms with Gasteiger partial charge in [0.05, 0.1) is 12.8 Å². The van der Waals surface area contributed by atoms with E-state index in [1.807, 2.05) is 36.4 Å². The number of amides is 2. The molecule has 4 nitrogen and oxygen atoms in total. The maximum atomic E-state index is 11.9. The summed E-state index contributed by atoms with van der Waals surface area (Å²) in [7, 11) is 1.58. The van der Waals surface area contributed by atoms with Crippen LogP contribution in [0.15, 0.2) is 54.6 Å². The van der Waals surface area contributed by atoms with Crippen molar-refractivity contribution in [3.05, 3.63) is 60.2 Å². The Morgan fingerprint density at radius 3 is 2.48 bits per heavy atom. The summed E-state index contributed by atoms with van der Waals surface area (Å²) in [6, 6.07) is 17.2. The molecule has 0 aromatic heterocycles. The minimum atomic E-state index is -0.234. The molecule has 1 unspecified atom stereocenters. The van der Waals surface area contributed by atoms with Crippen LogP contribution in [0.25, 0.3) is 0 Å². The predicted octanol–water partition coefficient (Wildman–Crippen LogP) is 3.62. The van der Waals surface area contributed by atoms with Gasteiger partial charge in [0.2, 0.25) is 0 Å². The summed E-state index contributed by atoms with van der Waals surface area (Å²) >= 11 is 0. The van der Waals surface area contributed by atoms with E-state index in [0.29, 0.717) is 18.0 Å². The van der Waals surface area contributed by atoms with Gasteiger partial charge in [-0.25, -0.2) is 4.79 Å². The number of carbonyl (C=O) groups excluding carboxylic acids is 1. The first-order valence-corrected chi connectivity index (χ1v) is 6.93. The van der Waals surface area contributed by atoms with Crippen LogP contribution in [0.5, 0.6) is 5.75 Å². The molecular weight excluding hydrogens is 264 g/mol. The number of methoxy groups -OCH3 is 1. The summed E-state index contributed by atoms with van der Waals surface area (Å²) < 4.78 is 5.20. The quantitative estimate of drug-likeness (QED) is 0.881. The van der Waals surface area contributed by atoms with E-state index < -0.39 is 0 Å². The average Bonchev–Trinajstić information content (AvgIpc) is 2.54. The Balaban J connectivity index is 1.88. The largest absolute Gasteiger partial charge is 0.495 e. The molecule has 2 rings (SSSR count). The molecule has 2 aromatic rings. The fraction of sp³-hybridized carbons (Fsp3) is 0.235. The van der Waals surface area contributed by atoms with E-state index in [1.165, 1.54) is 5.56 Å². The molecule has 21 heavy (non-hydrogen) atoms. The van der Waals surface area contributed by atoms with Crippen LogP contribution < -0.4 is 15.4 Å². The first-order chi connectivity index (χ1) is 10.2. The van der Waals surface area contributed by atoms with Crippen molar-refractivity contribution in [1.29, 1.82) is 0 Å². The number of urea groups is 1. The maximum Gasteiger partial charge on any atom is 0.319 e. The molecule has 0 spiro atoms. The molecule has 2 N–H and O–H groups in total. The Hall–Kier alpha value is -2.49. The Morgan fingerprint density at radius 1 is 1.10 bits per heavy atom. The zero-order valence-corrected chi connectivity index (χ0v) is 12.3. The molecule has 0 saturated heterocycles. The van der Waals surface area contributed by atoms with E-state index in [4.69, 9.17) is 4.74 Å². The Bertz CT molecular complexity index is 584. The van der Waals surface area contributed by atoms with Gasteiger partial charge < -0.3 is 15.4 Å². The average molecular weight is 284 g/mol. The summed E-state index contributed by atoms with van der Waals surface area (Å²) in [6.07, 6.45) is 0. The van der Waals surface area contributed by atoms with Gasteiger partial charge in [0.1, 0.15) is 5.75 Å². The third-order valence-electron chi connectivity index (χ3n) is 3.29. The van der Waals surface area contributed by atoms with E-state index >= 15 is 0 Å². The predicted molar refractivity (Wildman–Crippen MR) is 84.9 cm³/mol. The minimum Gasteiger partial charge on any atom is -0.495 e. The van der Waals surface area contributed by atoms with Gasteiger partial charge in [0.15, 0.2) is 0 Å². The fourth-order valence-corrected chi connectivity index (χ4v) is 2.06. The lowest BCUT2D eigenvalue weighted by atomic mass is 10.0. The number of benzene rings is 2. The number of nitrogens with one attached hydrogen (secondary N) is 2. The number of hydrogen-bond donors (Lipinski definition) is 2. The van der Waals surface area contributed by atoms with Crippen molar-refractivity contribution in [2.75, 3.05) is 19.0 Å². The van der Waals surface area contributed by atoms with Crippen molar-refractivity contribution in [1.82, 2.24) is 5.32 Å². The molecule has 4 heteroatoms. The summed E-state index contributed by atoms with van der Waals surface area (Å²) in [4.78, 5) is 11.9. The summed E-state index contributed by atoms with van der Waals surface area (Å²) in [5, 5.41) is 5.67. The van der Waals surface area contributed by atoms with E-state index in [2.05, 4.69) is 29.7 Å². The lowest BCUT2D eigenvalue weighted by Gasteiger charge is -2.14. The molecule has 2 aromatic carbocycles. The number of ether oxygens (including phenoxy) is 1. The summed E-state index contributed by atoms with van der Waals surface area (Å²) in [5.74, 6) is 0.901. The van der Waals surface area contributed by atoms with Gasteiger partial charge in [0.25, 0.3) is 0 Å². The highest BCUT2D eigenvalue weighted by Gasteiger charge is 2.09. The zero-order valence-electron chi connectivity index (χ0n) is 12.3. The van der Waals surface area contributed by atoms with Gasteiger partial charge in [-0.1, -0.05) is 49.4 Å². The van der Waals surface area contributed by atoms with Crippen LogP contribution in [0.4, 0.5) is 10.5 Å². The van der Waals surface area contributed by atoms with Crippen molar-refractivity contribution < 1.29 is 9.53 Å². The highest BCUT2D eigenvalue weighted by molar-refractivity contribution is 5.90. The van der Waals surface area contributed by atoms with Crippen LogP contribution in [0, 0.1) is 0 Å². The molecule has 0 aliphatic heterocycles. The maximum absolute atomic E-state index is 11.9. The van der Waals surface area contributed by atoms with Gasteiger partial charge in [-0.3, -0.25) is 0 Å². The zero-order chi connectivity index (χ0) is 15.1. The second-order valence-corrected chi connectivity index (χ2v) is 4.85. The third-order valence-corrected chi connectivity index (χ3v) is 3.29. The lowest BCUT2D eigenvalue weighted by molar-refractivity contribution is 0.251. The molecule has 1 atom stereocenters. The van der Waals surface area contributed by atoms with Crippen LogP contribution in [-0.4, -0.2) is 19.7 Å². The van der Waals surface area contributed by atoms with Crippen LogP contribution in [-0.2, 0) is 0 Å². The van der Waals surface area contributed by atoms with Crippen molar-refractivity contribution in [3.8, 4) is 5.75 Å². The fourth-order valence-electron chi connectivity index (χ4n) is 2.06. The van der Waals surface area contributed by atoms with Gasteiger partial charge in [-0.05, 0) is 23.6 Å². The Morgan fingerprint density at radius 2 is 1.76 bits per heavy atom. The van der Waals surface area contributed by atoms with Crippen LogP contribution in [0.1, 0.15) is 18.4 Å². The molecule has 0 saturated carbocycles. The molecule has 0 bridgehead atoms. The molecule has 0 radical (unpaired) electrons. The second kappa shape index (κ2) is 7.33. The second-order valence-electron chi connectivity index (χ2n) is 4.85. The Kier molecular flexibility index (Phi) is 5.21. The van der Waals surface area contributed by atoms with E-state index in [1.54, 1.807) is 13.2 Å². The molecule has 0 fully saturated rings. The first-order valence-electron chi connectivity index (χ1n) is 6.93. The molecule has 0 heterocycles. The molecule has 0 aliphatic rings. The van der Waals surface area contributed by atoms with Gasteiger partial charge >= 0.3 is 6.03 Å². The molecular formula is C17H20N2O2. The number of anilines is 1. The highest BCUT2D eigenvalue weighted by atomic mass is 16.5. The smallest absolute Gasteiger partial charge is 0.319 e. The number of para-hydroxylation sites is 2. The van der Waals surface area contributed by atoms with Crippen LogP contribution in [0.3, 0.4) is 0 Å². The number of hydrogen-bond acceptors (Lipinski definition) is 2. The van der Waals surface area contributed by atoms with Gasteiger partial charge in [-0.15, -0.1) is 0 Å². The van der Waals surface area contributed by atoms with Crippen LogP contribution >= 0.6 is 0 Å². The molecule has 110 valence electrons.